The average molecular weight is 1120 g/mol. The van der Waals surface area contributed by atoms with E-state index in [9.17, 15) is 45.0 Å². The van der Waals surface area contributed by atoms with Crippen LogP contribution in [0.3, 0.4) is 0 Å². The number of aliphatic carboxylic acids is 2. The second-order valence-electron chi connectivity index (χ2n) is 20.5. The monoisotopic (exact) mass is 1120 g/mol. The van der Waals surface area contributed by atoms with Crippen LogP contribution in [0.4, 0.5) is 11.4 Å². The van der Waals surface area contributed by atoms with Gasteiger partial charge in [0.15, 0.2) is 0 Å². The molecule has 0 fully saturated rings. The van der Waals surface area contributed by atoms with Crippen LogP contribution in [0, 0.1) is 0 Å². The Morgan fingerprint density at radius 2 is 0.852 bits per heavy atom. The van der Waals surface area contributed by atoms with Gasteiger partial charge in [-0.15, -0.1) is 0 Å². The minimum absolute atomic E-state index is 0. The molecule has 2 aromatic heterocycles. The van der Waals surface area contributed by atoms with Crippen molar-refractivity contribution in [3.05, 3.63) is 205 Å². The summed E-state index contributed by atoms with van der Waals surface area (Å²) in [6.45, 7) is 8.85. The van der Waals surface area contributed by atoms with Crippen LogP contribution in [-0.2, 0) is 22.7 Å². The van der Waals surface area contributed by atoms with Gasteiger partial charge in [0.2, 0.25) is 0 Å². The zero-order chi connectivity index (χ0) is 57.3. The van der Waals surface area contributed by atoms with Gasteiger partial charge < -0.3 is 55.0 Å². The minimum Gasteiger partial charge on any atom is -0.858 e. The Balaban J connectivity index is 0.000000258. The van der Waals surface area contributed by atoms with Crippen LogP contribution >= 0.6 is 0 Å². The molecule has 2 heterocycles. The first-order chi connectivity index (χ1) is 38.5. The van der Waals surface area contributed by atoms with Crippen molar-refractivity contribution in [2.75, 3.05) is 5.32 Å². The number of carboxylic acid groups (broad SMARTS) is 2. The molecule has 0 spiro atoms. The Morgan fingerprint density at radius 1 is 0.494 bits per heavy atom. The number of amides is 1. The summed E-state index contributed by atoms with van der Waals surface area (Å²) >= 11 is 0. The molecular weight excluding hydrogens is 1050 g/mol. The Labute approximate surface area is 503 Å². The molecule has 15 heteroatoms. The predicted molar refractivity (Wildman–Crippen MR) is 316 cm³/mol. The second-order valence-corrected chi connectivity index (χ2v) is 20.5. The number of hydrogen-bond acceptors (Lipinski definition) is 10. The summed E-state index contributed by atoms with van der Waals surface area (Å²) in [5.41, 5.74) is 10.9. The first-order valence-corrected chi connectivity index (χ1v) is 27.1. The smallest absolute Gasteiger partial charge is 0.858 e. The molecule has 0 saturated heterocycles. The van der Waals surface area contributed by atoms with Crippen molar-refractivity contribution in [3.8, 4) is 44.8 Å². The van der Waals surface area contributed by atoms with E-state index in [0.29, 0.717) is 35.6 Å². The SMILES string of the molecule is CC(C)c1c(C(=O)Nc2ccccc2)c(-c2ccccc2)c(-c2ccccc2)n1CC[C@@H](O)C[C@@H](O)CC(=O)O.CC(C)c1c(C([O-])=Nc2ccccc2)c(-c2ccccc2)c(-c2ccccc2)n1CC[C@@H](O)C[C@@H](O)CC(=O)[O-].[Ca+2]. The van der Waals surface area contributed by atoms with Gasteiger partial charge in [-0.05, 0) is 89.9 Å². The number of anilines is 1. The van der Waals surface area contributed by atoms with Crippen molar-refractivity contribution < 1.29 is 50.1 Å². The summed E-state index contributed by atoms with van der Waals surface area (Å²) in [7, 11) is 0. The number of benzene rings is 6. The number of aromatic nitrogens is 2. The molecule has 6 N–H and O–H groups in total. The summed E-state index contributed by atoms with van der Waals surface area (Å²) in [5, 5.41) is 78.5. The third-order valence-corrected chi connectivity index (χ3v) is 13.7. The molecule has 0 unspecified atom stereocenters. The van der Waals surface area contributed by atoms with Crippen LogP contribution in [-0.4, -0.2) is 121 Å². The standard InChI is InChI=1S/2C33H36N2O5.Ca/c2*1-22(2)31-30(33(40)34-25-16-10-5-11-17-25)29(23-12-6-3-7-13-23)32(24-14-8-4-9-15-24)35(31)19-18-26(36)20-27(37)21-28(38)39;/h2*3-17,22,26-27,36-37H,18-21H2,1-2H3,(H,34,40)(H,38,39);/q;;+2/p-2/t2*26-,27-;/m11./s1. The molecule has 81 heavy (non-hydrogen) atoms. The maximum atomic E-state index is 14.1. The number of aliphatic imine (C=N–C) groups is 1. The zero-order valence-corrected chi connectivity index (χ0v) is 48.5. The first-order valence-electron chi connectivity index (χ1n) is 27.1. The molecule has 0 aliphatic rings. The number of para-hydroxylation sites is 2. The van der Waals surface area contributed by atoms with E-state index in [2.05, 4.69) is 19.4 Å². The molecule has 8 rings (SSSR count). The number of carbonyl (C=O) groups is 3. The molecule has 14 nitrogen and oxygen atoms in total. The Hall–Kier alpha value is -7.14. The molecule has 416 valence electrons. The Morgan fingerprint density at radius 3 is 1.25 bits per heavy atom. The minimum atomic E-state index is -1.36. The van der Waals surface area contributed by atoms with Crippen LogP contribution in [0.5, 0.6) is 0 Å². The number of hydrogen-bond donors (Lipinski definition) is 6. The van der Waals surface area contributed by atoms with Gasteiger partial charge in [0.25, 0.3) is 5.91 Å². The maximum absolute atomic E-state index is 14.1. The molecule has 1 amide bonds. The van der Waals surface area contributed by atoms with Crippen molar-refractivity contribution in [1.29, 1.82) is 0 Å². The van der Waals surface area contributed by atoms with Gasteiger partial charge in [0.05, 0.1) is 53.5 Å². The van der Waals surface area contributed by atoms with E-state index >= 15 is 0 Å². The summed E-state index contributed by atoms with van der Waals surface area (Å²) in [6.07, 6.45) is -4.77. The zero-order valence-electron chi connectivity index (χ0n) is 46.3. The van der Waals surface area contributed by atoms with E-state index in [1.165, 1.54) is 0 Å². The van der Waals surface area contributed by atoms with Gasteiger partial charge in [-0.1, -0.05) is 185 Å². The quantitative estimate of drug-likeness (QED) is 0.0190. The summed E-state index contributed by atoms with van der Waals surface area (Å²) in [4.78, 5) is 40.4. The van der Waals surface area contributed by atoms with Crippen molar-refractivity contribution in [2.45, 2.75) is 116 Å². The predicted octanol–water partition coefficient (Wildman–Crippen LogP) is 9.82. The molecule has 0 saturated carbocycles. The maximum Gasteiger partial charge on any atom is 2.00 e. The van der Waals surface area contributed by atoms with Gasteiger partial charge in [-0.3, -0.25) is 14.6 Å². The molecule has 0 aliphatic carbocycles. The van der Waals surface area contributed by atoms with Crippen molar-refractivity contribution in [3.63, 3.8) is 0 Å². The fourth-order valence-electron chi connectivity index (χ4n) is 10.3. The van der Waals surface area contributed by atoms with Crippen LogP contribution < -0.4 is 15.5 Å². The summed E-state index contributed by atoms with van der Waals surface area (Å²) in [5.74, 6) is -3.15. The van der Waals surface area contributed by atoms with Gasteiger partial charge in [0, 0.05) is 59.2 Å². The van der Waals surface area contributed by atoms with Crippen molar-refractivity contribution in [2.24, 2.45) is 4.99 Å². The van der Waals surface area contributed by atoms with Gasteiger partial charge in [-0.25, -0.2) is 0 Å². The van der Waals surface area contributed by atoms with Crippen molar-refractivity contribution in [1.82, 2.24) is 9.13 Å². The van der Waals surface area contributed by atoms with Crippen LogP contribution in [0.25, 0.3) is 44.8 Å². The van der Waals surface area contributed by atoms with E-state index in [1.54, 1.807) is 12.1 Å². The van der Waals surface area contributed by atoms with E-state index in [4.69, 9.17) is 5.11 Å². The molecule has 6 aromatic carbocycles. The number of rotatable bonds is 24. The Kier molecular flexibility index (Phi) is 23.8. The first kappa shape index (κ1) is 63.0. The molecule has 0 bridgehead atoms. The van der Waals surface area contributed by atoms with Crippen molar-refractivity contribution >= 4 is 72.9 Å². The number of aliphatic hydroxyl groups is 4. The third-order valence-electron chi connectivity index (χ3n) is 13.7. The summed E-state index contributed by atoms with van der Waals surface area (Å²) in [6, 6.07) is 57.7. The van der Waals surface area contributed by atoms with Gasteiger partial charge in [0.1, 0.15) is 0 Å². The normalized spacial score (nSPS) is 12.9. The molecule has 0 aliphatic heterocycles. The number of carboxylic acids is 2. The Bertz CT molecular complexity index is 3300. The fourth-order valence-corrected chi connectivity index (χ4v) is 10.3. The third kappa shape index (κ3) is 17.0. The van der Waals surface area contributed by atoms with Crippen LogP contribution in [0.1, 0.15) is 105 Å². The van der Waals surface area contributed by atoms with E-state index in [-0.39, 0.29) is 87.1 Å². The largest absolute Gasteiger partial charge is 2.00 e. The number of nitrogens with one attached hydrogen (secondary N) is 1. The molecular formula is C66H70CaN4O10. The van der Waals surface area contributed by atoms with Gasteiger partial charge in [-0.2, -0.15) is 0 Å². The number of carbonyl (C=O) groups excluding carboxylic acids is 2. The number of aliphatic hydroxyl groups excluding tert-OH is 4. The molecule has 4 atom stereocenters. The van der Waals surface area contributed by atoms with E-state index in [1.807, 2.05) is 198 Å². The topological polar surface area (TPSA) is 233 Å². The van der Waals surface area contributed by atoms with Gasteiger partial charge >= 0.3 is 43.7 Å². The molecule has 0 radical (unpaired) electrons. The molecule has 8 aromatic rings. The summed E-state index contributed by atoms with van der Waals surface area (Å²) < 4.78 is 4.18. The van der Waals surface area contributed by atoms with E-state index < -0.39 is 49.2 Å². The van der Waals surface area contributed by atoms with E-state index in [0.717, 1.165) is 56.2 Å². The average Bonchev–Trinajstić information content (AvgIpc) is 4.19. The second kappa shape index (κ2) is 30.6. The fraction of sp³-hybridized carbons (Fsp3) is 0.273. The number of nitrogens with zero attached hydrogens (tertiary/aromatic N) is 3. The van der Waals surface area contributed by atoms with Crippen LogP contribution in [0.2, 0.25) is 0 Å². The van der Waals surface area contributed by atoms with Crippen LogP contribution in [0.15, 0.2) is 187 Å².